The summed E-state index contributed by atoms with van der Waals surface area (Å²) in [6.45, 7) is 4.59. The molecule has 7 heteroatoms. The standard InChI is InChI=1S/C32H28ClNO4S/c1-20-15-17-39-31(20)28-27(30(36)32(37)34(28)16-14-22-8-11-25(33)12-9-22)29(35)24-10-13-26(21(2)18-24)38-19-23-6-4-3-5-7-23/h3-13,15,17-18,28,35H,14,16,19H2,1-2H3/b29-27-. The molecular formula is C32H28ClNO4S. The van der Waals surface area contributed by atoms with Crippen molar-refractivity contribution in [2.24, 2.45) is 0 Å². The number of likely N-dealkylation sites (tertiary alicyclic amines) is 1. The average molecular weight is 558 g/mol. The number of amides is 1. The lowest BCUT2D eigenvalue weighted by Gasteiger charge is -2.25. The van der Waals surface area contributed by atoms with Crippen LogP contribution in [0.2, 0.25) is 5.02 Å². The van der Waals surface area contributed by atoms with Gasteiger partial charge in [0, 0.05) is 22.0 Å². The first-order valence-corrected chi connectivity index (χ1v) is 13.9. The van der Waals surface area contributed by atoms with Gasteiger partial charge in [-0.15, -0.1) is 11.3 Å². The van der Waals surface area contributed by atoms with E-state index in [0.29, 0.717) is 35.9 Å². The molecule has 198 valence electrons. The molecule has 39 heavy (non-hydrogen) atoms. The van der Waals surface area contributed by atoms with E-state index < -0.39 is 17.7 Å². The Morgan fingerprint density at radius 2 is 1.69 bits per heavy atom. The summed E-state index contributed by atoms with van der Waals surface area (Å²) in [6.07, 6.45) is 0.553. The molecule has 2 heterocycles. The minimum atomic E-state index is -0.677. The molecular weight excluding hydrogens is 530 g/mol. The number of hydrogen-bond acceptors (Lipinski definition) is 5. The van der Waals surface area contributed by atoms with Crippen LogP contribution in [0.4, 0.5) is 0 Å². The second-order valence-corrected chi connectivity index (χ2v) is 11.0. The Morgan fingerprint density at radius 3 is 2.36 bits per heavy atom. The lowest BCUT2D eigenvalue weighted by Crippen LogP contribution is -2.31. The molecule has 5 nitrogen and oxygen atoms in total. The second kappa shape index (κ2) is 11.5. The molecule has 0 spiro atoms. The molecule has 5 rings (SSSR count). The van der Waals surface area contributed by atoms with E-state index in [1.165, 1.54) is 11.3 Å². The minimum absolute atomic E-state index is 0.110. The minimum Gasteiger partial charge on any atom is -0.507 e. The van der Waals surface area contributed by atoms with Crippen LogP contribution in [0.1, 0.15) is 38.7 Å². The summed E-state index contributed by atoms with van der Waals surface area (Å²) in [6, 6.07) is 23.9. The third-order valence-corrected chi connectivity index (χ3v) is 8.25. The average Bonchev–Trinajstić information content (AvgIpc) is 3.47. The number of rotatable bonds is 8. The van der Waals surface area contributed by atoms with Crippen molar-refractivity contribution in [2.45, 2.75) is 32.9 Å². The maximum atomic E-state index is 13.4. The number of aryl methyl sites for hydroxylation is 2. The Morgan fingerprint density at radius 1 is 0.949 bits per heavy atom. The number of aliphatic hydroxyl groups excluding tert-OH is 1. The molecule has 0 saturated carbocycles. The topological polar surface area (TPSA) is 66.8 Å². The zero-order valence-electron chi connectivity index (χ0n) is 21.7. The molecule has 4 aromatic rings. The van der Waals surface area contributed by atoms with E-state index in [9.17, 15) is 14.7 Å². The van der Waals surface area contributed by atoms with Crippen LogP contribution < -0.4 is 4.74 Å². The summed E-state index contributed by atoms with van der Waals surface area (Å²) in [5.74, 6) is -0.784. The van der Waals surface area contributed by atoms with E-state index in [1.807, 2.05) is 79.9 Å². The lowest BCUT2D eigenvalue weighted by molar-refractivity contribution is -0.139. The molecule has 1 fully saturated rings. The molecule has 3 aromatic carbocycles. The third kappa shape index (κ3) is 5.63. The number of halogens is 1. The van der Waals surface area contributed by atoms with Crippen molar-refractivity contribution < 1.29 is 19.4 Å². The number of carbonyl (C=O) groups excluding carboxylic acids is 2. The highest BCUT2D eigenvalue weighted by molar-refractivity contribution is 7.10. The van der Waals surface area contributed by atoms with Crippen LogP contribution in [0.25, 0.3) is 5.76 Å². The smallest absolute Gasteiger partial charge is 0.295 e. The van der Waals surface area contributed by atoms with E-state index in [4.69, 9.17) is 16.3 Å². The van der Waals surface area contributed by atoms with Gasteiger partial charge in [-0.1, -0.05) is 54.1 Å². The first kappa shape index (κ1) is 26.7. The number of Topliss-reactive ketones (excluding diaryl/α,β-unsaturated/α-hetero) is 1. The van der Waals surface area contributed by atoms with E-state index in [2.05, 4.69) is 0 Å². The molecule has 1 N–H and O–H groups in total. The van der Waals surface area contributed by atoms with Crippen LogP contribution in [-0.2, 0) is 22.6 Å². The number of hydrogen-bond donors (Lipinski definition) is 1. The van der Waals surface area contributed by atoms with Gasteiger partial charge in [0.15, 0.2) is 0 Å². The van der Waals surface area contributed by atoms with Crippen molar-refractivity contribution in [1.82, 2.24) is 4.90 Å². The van der Waals surface area contributed by atoms with Gasteiger partial charge in [-0.05, 0) is 84.3 Å². The molecule has 1 aromatic heterocycles. The Balaban J connectivity index is 1.46. The van der Waals surface area contributed by atoms with Crippen LogP contribution in [0.5, 0.6) is 5.75 Å². The molecule has 1 aliphatic rings. The maximum absolute atomic E-state index is 13.4. The number of thiophene rings is 1. The van der Waals surface area contributed by atoms with Crippen LogP contribution in [0.3, 0.4) is 0 Å². The van der Waals surface area contributed by atoms with Gasteiger partial charge in [-0.2, -0.15) is 0 Å². The number of aliphatic hydroxyl groups is 1. The van der Waals surface area contributed by atoms with Crippen molar-refractivity contribution in [3.63, 3.8) is 0 Å². The fourth-order valence-electron chi connectivity index (χ4n) is 4.80. The quantitative estimate of drug-likeness (QED) is 0.141. The highest BCUT2D eigenvalue weighted by Gasteiger charge is 2.46. The predicted molar refractivity (Wildman–Crippen MR) is 155 cm³/mol. The summed E-state index contributed by atoms with van der Waals surface area (Å²) < 4.78 is 5.98. The Bertz CT molecular complexity index is 1540. The summed E-state index contributed by atoms with van der Waals surface area (Å²) in [5, 5.41) is 14.0. The fraction of sp³-hybridized carbons (Fsp3) is 0.188. The van der Waals surface area contributed by atoms with Gasteiger partial charge in [0.2, 0.25) is 0 Å². The third-order valence-electron chi connectivity index (χ3n) is 6.93. The van der Waals surface area contributed by atoms with Crippen molar-refractivity contribution >= 4 is 40.4 Å². The van der Waals surface area contributed by atoms with Gasteiger partial charge in [0.1, 0.15) is 18.1 Å². The molecule has 0 radical (unpaired) electrons. The first-order chi connectivity index (χ1) is 18.8. The molecule has 1 amide bonds. The van der Waals surface area contributed by atoms with E-state index in [0.717, 1.165) is 27.1 Å². The van der Waals surface area contributed by atoms with Crippen LogP contribution >= 0.6 is 22.9 Å². The molecule has 1 aliphatic heterocycles. The fourth-order valence-corrected chi connectivity index (χ4v) is 5.97. The number of ketones is 1. The maximum Gasteiger partial charge on any atom is 0.295 e. The van der Waals surface area contributed by atoms with Crippen molar-refractivity contribution in [3.05, 3.63) is 128 Å². The van der Waals surface area contributed by atoms with Gasteiger partial charge < -0.3 is 14.7 Å². The van der Waals surface area contributed by atoms with Crippen molar-refractivity contribution in [1.29, 1.82) is 0 Å². The first-order valence-electron chi connectivity index (χ1n) is 12.7. The van der Waals surface area contributed by atoms with Crippen molar-refractivity contribution in [2.75, 3.05) is 6.54 Å². The van der Waals surface area contributed by atoms with Crippen LogP contribution in [0, 0.1) is 13.8 Å². The zero-order valence-corrected chi connectivity index (χ0v) is 23.3. The number of benzene rings is 3. The summed E-state index contributed by atoms with van der Waals surface area (Å²) in [4.78, 5) is 29.1. The second-order valence-electron chi connectivity index (χ2n) is 9.59. The Labute approximate surface area is 236 Å². The van der Waals surface area contributed by atoms with E-state index >= 15 is 0 Å². The SMILES string of the molecule is Cc1cc(/C(O)=C2/C(=O)C(=O)N(CCc3ccc(Cl)cc3)C2c2sccc2C)ccc1OCc1ccccc1. The van der Waals surface area contributed by atoms with Gasteiger partial charge in [-0.3, -0.25) is 9.59 Å². The Kier molecular flexibility index (Phi) is 7.87. The summed E-state index contributed by atoms with van der Waals surface area (Å²) in [5.41, 5.74) is 4.41. The largest absolute Gasteiger partial charge is 0.507 e. The highest BCUT2D eigenvalue weighted by atomic mass is 35.5. The van der Waals surface area contributed by atoms with E-state index in [1.54, 1.807) is 23.1 Å². The monoisotopic (exact) mass is 557 g/mol. The highest BCUT2D eigenvalue weighted by Crippen LogP contribution is 2.43. The molecule has 0 aliphatic carbocycles. The molecule has 1 atom stereocenters. The summed E-state index contributed by atoms with van der Waals surface area (Å²) in [7, 11) is 0. The molecule has 1 saturated heterocycles. The molecule has 0 bridgehead atoms. The van der Waals surface area contributed by atoms with Gasteiger partial charge in [0.25, 0.3) is 11.7 Å². The Hall–Kier alpha value is -3.87. The van der Waals surface area contributed by atoms with Gasteiger partial charge in [0.05, 0.1) is 11.6 Å². The normalized spacial score (nSPS) is 16.6. The molecule has 1 unspecified atom stereocenters. The van der Waals surface area contributed by atoms with Crippen molar-refractivity contribution in [3.8, 4) is 5.75 Å². The van der Waals surface area contributed by atoms with Gasteiger partial charge >= 0.3 is 0 Å². The van der Waals surface area contributed by atoms with Crippen LogP contribution in [0.15, 0.2) is 89.8 Å². The van der Waals surface area contributed by atoms with Crippen LogP contribution in [-0.4, -0.2) is 28.2 Å². The lowest BCUT2D eigenvalue weighted by atomic mass is 9.97. The van der Waals surface area contributed by atoms with Gasteiger partial charge in [-0.25, -0.2) is 0 Å². The number of ether oxygens (including phenoxy) is 1. The van der Waals surface area contributed by atoms with E-state index in [-0.39, 0.29) is 11.3 Å². The predicted octanol–water partition coefficient (Wildman–Crippen LogP) is 7.26. The number of nitrogens with zero attached hydrogens (tertiary/aromatic N) is 1. The number of carbonyl (C=O) groups is 2. The zero-order chi connectivity index (χ0) is 27.5. The summed E-state index contributed by atoms with van der Waals surface area (Å²) >= 11 is 7.49.